The van der Waals surface area contributed by atoms with Crippen LogP contribution in [0.25, 0.3) is 44.5 Å². The van der Waals surface area contributed by atoms with E-state index in [2.05, 4.69) is 396 Å². The number of fused-ring (bicyclic) bond motifs is 11. The molecule has 6 heteroatoms. The normalized spacial score (nSPS) is 14.5. The number of benzene rings is 13. The quantitative estimate of drug-likeness (QED) is 0.147. The van der Waals surface area contributed by atoms with Gasteiger partial charge in [-0.1, -0.05) is 285 Å². The van der Waals surface area contributed by atoms with Gasteiger partial charge in [0.1, 0.15) is 0 Å². The molecule has 4 heterocycles. The molecular weight excluding hydrogens is 1240 g/mol. The van der Waals surface area contributed by atoms with E-state index < -0.39 is 0 Å². The largest absolute Gasteiger partial charge is 0.311 e. The monoisotopic (exact) mass is 1330 g/mol. The third-order valence-electron chi connectivity index (χ3n) is 23.1. The van der Waals surface area contributed by atoms with Gasteiger partial charge in [0, 0.05) is 79.1 Å². The third kappa shape index (κ3) is 10.1. The van der Waals surface area contributed by atoms with Gasteiger partial charge < -0.3 is 19.6 Å². The van der Waals surface area contributed by atoms with Gasteiger partial charge in [0.25, 0.3) is 13.4 Å². The van der Waals surface area contributed by atoms with Crippen molar-refractivity contribution in [2.75, 3.05) is 19.6 Å². The van der Waals surface area contributed by atoms with Gasteiger partial charge in [-0.3, -0.25) is 0 Å². The van der Waals surface area contributed by atoms with E-state index >= 15 is 0 Å². The van der Waals surface area contributed by atoms with Crippen molar-refractivity contribution < 1.29 is 0 Å². The van der Waals surface area contributed by atoms with E-state index in [0.29, 0.717) is 0 Å². The molecular formula is C97H88B2N4. The standard InChI is InChI=1S/C97H88B2N4/c1-93(2,3)64-52-65(94(4,5)6)54-70(53-64)102-84-60-83-79(59-80(84)99-78-47-30-32-49-82(78)103(88-58-67(96(10,11)12)57-87(102)91(88)99)92-74(61-34-19-15-20-35-61)55-66(95(7,8)9)56-75(92)62-36-21-16-22-37-62)98-77-46-29-31-48-81(77)100(68-38-23-17-24-39-68)85-50-63(51-86(90(85)98)101(83)69-40-25-18-26-41-69)71-43-33-44-73-72-42-27-28-45-76(72)97(13,14)89(71)73/h15-60H,1-14H3. The Labute approximate surface area is 611 Å². The number of nitrogens with zero attached hydrogens (tertiary/aromatic N) is 4. The number of hydrogen-bond donors (Lipinski definition) is 0. The molecule has 1 aliphatic carbocycles. The maximum atomic E-state index is 2.73. The Morgan fingerprint density at radius 2 is 0.631 bits per heavy atom. The average Bonchev–Trinajstić information content (AvgIpc) is 1.15. The molecule has 502 valence electrons. The second-order valence-electron chi connectivity index (χ2n) is 34.1. The van der Waals surface area contributed by atoms with Crippen LogP contribution >= 0.6 is 0 Å². The van der Waals surface area contributed by atoms with Gasteiger partial charge in [0.2, 0.25) is 0 Å². The molecule has 0 fully saturated rings. The second kappa shape index (κ2) is 23.1. The lowest BCUT2D eigenvalue weighted by molar-refractivity contribution is 0.569. The minimum atomic E-state index is -0.266. The maximum absolute atomic E-state index is 2.73. The predicted octanol–water partition coefficient (Wildman–Crippen LogP) is 22.3. The summed E-state index contributed by atoms with van der Waals surface area (Å²) in [4.78, 5) is 10.7. The second-order valence-corrected chi connectivity index (χ2v) is 34.1. The fourth-order valence-corrected chi connectivity index (χ4v) is 17.9. The summed E-state index contributed by atoms with van der Waals surface area (Å²) in [6.07, 6.45) is 0. The molecule has 0 unspecified atom stereocenters. The molecule has 0 spiro atoms. The third-order valence-corrected chi connectivity index (χ3v) is 23.1. The summed E-state index contributed by atoms with van der Waals surface area (Å²) in [7, 11) is 0. The molecule has 0 saturated heterocycles. The Morgan fingerprint density at radius 3 is 1.14 bits per heavy atom. The highest BCUT2D eigenvalue weighted by atomic mass is 15.2. The van der Waals surface area contributed by atoms with E-state index in [1.165, 1.54) is 162 Å². The van der Waals surface area contributed by atoms with Crippen molar-refractivity contribution in [2.24, 2.45) is 0 Å². The van der Waals surface area contributed by atoms with Crippen molar-refractivity contribution in [1.82, 2.24) is 0 Å². The van der Waals surface area contributed by atoms with Crippen LogP contribution in [-0.4, -0.2) is 13.4 Å². The molecule has 18 rings (SSSR count). The van der Waals surface area contributed by atoms with Gasteiger partial charge in [-0.25, -0.2) is 0 Å². The summed E-state index contributed by atoms with van der Waals surface area (Å²) >= 11 is 0. The van der Waals surface area contributed by atoms with Crippen molar-refractivity contribution in [3.8, 4) is 44.5 Å². The topological polar surface area (TPSA) is 13.0 Å². The Kier molecular flexibility index (Phi) is 14.4. The van der Waals surface area contributed by atoms with Gasteiger partial charge in [-0.15, -0.1) is 0 Å². The first-order chi connectivity index (χ1) is 49.4. The van der Waals surface area contributed by atoms with Crippen LogP contribution in [0.2, 0.25) is 0 Å². The van der Waals surface area contributed by atoms with Crippen LogP contribution in [-0.2, 0) is 27.1 Å². The zero-order valence-corrected chi connectivity index (χ0v) is 62.0. The molecule has 13 aromatic carbocycles. The first-order valence-corrected chi connectivity index (χ1v) is 37.1. The fourth-order valence-electron chi connectivity index (χ4n) is 17.9. The highest BCUT2D eigenvalue weighted by Gasteiger charge is 2.50. The van der Waals surface area contributed by atoms with E-state index in [0.717, 1.165) is 17.1 Å². The van der Waals surface area contributed by atoms with Crippen LogP contribution in [0.15, 0.2) is 279 Å². The smallest absolute Gasteiger partial charge is 0.252 e. The van der Waals surface area contributed by atoms with Crippen LogP contribution in [0.5, 0.6) is 0 Å². The van der Waals surface area contributed by atoms with Gasteiger partial charge in [0.15, 0.2) is 0 Å². The molecule has 0 radical (unpaired) electrons. The lowest BCUT2D eigenvalue weighted by Crippen LogP contribution is -2.65. The zero-order valence-electron chi connectivity index (χ0n) is 62.0. The van der Waals surface area contributed by atoms with Crippen molar-refractivity contribution in [3.63, 3.8) is 0 Å². The van der Waals surface area contributed by atoms with E-state index in [-0.39, 0.29) is 40.5 Å². The Bertz CT molecular complexity index is 5520. The summed E-state index contributed by atoms with van der Waals surface area (Å²) in [6.45, 7) is 33.1. The van der Waals surface area contributed by atoms with Crippen LogP contribution in [0, 0.1) is 0 Å². The lowest BCUT2D eigenvalue weighted by Gasteiger charge is -2.48. The van der Waals surface area contributed by atoms with Crippen molar-refractivity contribution in [3.05, 3.63) is 312 Å². The number of anilines is 12. The summed E-state index contributed by atoms with van der Waals surface area (Å²) < 4.78 is 0. The van der Waals surface area contributed by atoms with Crippen molar-refractivity contribution >= 4 is 114 Å². The number of rotatable bonds is 7. The van der Waals surface area contributed by atoms with E-state index in [1.807, 2.05) is 0 Å². The molecule has 0 amide bonds. The van der Waals surface area contributed by atoms with E-state index in [9.17, 15) is 0 Å². The molecule has 4 aliphatic heterocycles. The van der Waals surface area contributed by atoms with Gasteiger partial charge in [-0.2, -0.15) is 0 Å². The summed E-state index contributed by atoms with van der Waals surface area (Å²) in [5.41, 5.74) is 38.6. The maximum Gasteiger partial charge on any atom is 0.252 e. The molecule has 0 N–H and O–H groups in total. The fraction of sp³-hybridized carbons (Fsp3) is 0.196. The zero-order chi connectivity index (χ0) is 71.0. The number of hydrogen-bond acceptors (Lipinski definition) is 4. The Balaban J connectivity index is 0.988. The molecule has 0 saturated carbocycles. The van der Waals surface area contributed by atoms with E-state index in [4.69, 9.17) is 0 Å². The van der Waals surface area contributed by atoms with Gasteiger partial charge in [-0.05, 0) is 212 Å². The van der Waals surface area contributed by atoms with Crippen LogP contribution < -0.4 is 52.4 Å². The molecule has 103 heavy (non-hydrogen) atoms. The molecule has 4 nitrogen and oxygen atoms in total. The minimum Gasteiger partial charge on any atom is -0.311 e. The number of para-hydroxylation sites is 4. The Hall–Kier alpha value is -10.8. The van der Waals surface area contributed by atoms with Crippen LogP contribution in [0.4, 0.5) is 68.2 Å². The molecule has 0 atom stereocenters. The summed E-state index contributed by atoms with van der Waals surface area (Å²) in [5, 5.41) is 0. The van der Waals surface area contributed by atoms with Crippen LogP contribution in [0.3, 0.4) is 0 Å². The molecule has 0 aromatic heterocycles. The minimum absolute atomic E-state index is 0.149. The van der Waals surface area contributed by atoms with Crippen LogP contribution in [0.1, 0.15) is 130 Å². The SMILES string of the molecule is CC(C)(C)c1cc(N2c3cc4c(cc3B3c5ccccc5N(c5c(-c6ccccc6)cc(C(C)(C)C)cc5-c5ccccc5)c5cc(C(C)(C)C)cc2c53)B2c3ccccc3N(c3ccccc3)c3cc(-c5cccc6c5C(C)(C)c5ccccc5-6)cc(c32)N4c2ccccc2)cc(C(C)(C)C)c1. The van der Waals surface area contributed by atoms with Crippen molar-refractivity contribution in [1.29, 1.82) is 0 Å². The molecule has 13 aromatic rings. The van der Waals surface area contributed by atoms with Gasteiger partial charge >= 0.3 is 0 Å². The summed E-state index contributed by atoms with van der Waals surface area (Å²) in [5.74, 6) is 0. The molecule has 0 bridgehead atoms. The molecule has 5 aliphatic rings. The average molecular weight is 1330 g/mol. The highest BCUT2D eigenvalue weighted by Crippen LogP contribution is 2.57. The first kappa shape index (κ1) is 64.3. The van der Waals surface area contributed by atoms with Crippen molar-refractivity contribution in [2.45, 2.75) is 124 Å². The first-order valence-electron chi connectivity index (χ1n) is 37.1. The van der Waals surface area contributed by atoms with Gasteiger partial charge in [0.05, 0.1) is 5.69 Å². The Morgan fingerprint density at radius 1 is 0.252 bits per heavy atom. The predicted molar refractivity (Wildman–Crippen MR) is 443 cm³/mol. The highest BCUT2D eigenvalue weighted by molar-refractivity contribution is 7.03. The summed E-state index contributed by atoms with van der Waals surface area (Å²) in [6, 6.07) is 108. The lowest BCUT2D eigenvalue weighted by atomic mass is 9.30. The van der Waals surface area contributed by atoms with E-state index in [1.54, 1.807) is 0 Å².